The van der Waals surface area contributed by atoms with Crippen LogP contribution in [-0.4, -0.2) is 0 Å². The number of hydrogen-bond donors (Lipinski definition) is 0. The zero-order valence-electron chi connectivity index (χ0n) is 12.4. The van der Waals surface area contributed by atoms with E-state index in [0.717, 1.165) is 6.42 Å². The monoisotopic (exact) mass is 232 g/mol. The summed E-state index contributed by atoms with van der Waals surface area (Å²) in [5.74, 6) is 0.673. The Labute approximate surface area is 108 Å². The average molecular weight is 232 g/mol. The molecule has 0 aromatic heterocycles. The summed E-state index contributed by atoms with van der Waals surface area (Å²) in [4.78, 5) is 0. The number of rotatable bonds is 3. The molecular weight excluding hydrogens is 204 g/mol. The molecule has 0 saturated carbocycles. The van der Waals surface area contributed by atoms with Gasteiger partial charge in [0.1, 0.15) is 0 Å². The van der Waals surface area contributed by atoms with E-state index in [1.54, 1.807) is 0 Å². The molecule has 0 heterocycles. The van der Waals surface area contributed by atoms with Crippen LogP contribution in [0.25, 0.3) is 0 Å². The summed E-state index contributed by atoms with van der Waals surface area (Å²) in [6.07, 6.45) is 13.3. The highest BCUT2D eigenvalue weighted by molar-refractivity contribution is 5.40. The van der Waals surface area contributed by atoms with E-state index in [0.29, 0.717) is 5.92 Å². The van der Waals surface area contributed by atoms with E-state index in [2.05, 4.69) is 58.1 Å². The molecule has 0 spiro atoms. The van der Waals surface area contributed by atoms with E-state index in [9.17, 15) is 0 Å². The topological polar surface area (TPSA) is 0 Å². The SMILES string of the molecule is C/C=C\C=C(/CC)C1=CC=C(C)CC1C.CC. The molecule has 0 aromatic carbocycles. The second kappa shape index (κ2) is 9.04. The van der Waals surface area contributed by atoms with Crippen LogP contribution < -0.4 is 0 Å². The Bertz CT molecular complexity index is 324. The third-order valence-electron chi connectivity index (χ3n) is 2.95. The van der Waals surface area contributed by atoms with Crippen LogP contribution in [0.4, 0.5) is 0 Å². The summed E-state index contributed by atoms with van der Waals surface area (Å²) in [6, 6.07) is 0. The lowest BCUT2D eigenvalue weighted by atomic mass is 9.84. The van der Waals surface area contributed by atoms with E-state index in [4.69, 9.17) is 0 Å². The number of allylic oxidation sites excluding steroid dienone is 8. The van der Waals surface area contributed by atoms with Gasteiger partial charge in [-0.25, -0.2) is 0 Å². The Balaban J connectivity index is 0.00000121. The minimum atomic E-state index is 0.673. The van der Waals surface area contributed by atoms with Crippen molar-refractivity contribution in [1.29, 1.82) is 0 Å². The first-order chi connectivity index (χ1) is 8.19. The molecule has 0 N–H and O–H groups in total. The van der Waals surface area contributed by atoms with Crippen molar-refractivity contribution >= 4 is 0 Å². The fraction of sp³-hybridized carbons (Fsp3) is 0.529. The third-order valence-corrected chi connectivity index (χ3v) is 2.95. The first-order valence-corrected chi connectivity index (χ1v) is 6.88. The largest absolute Gasteiger partial charge is 0.0877 e. The summed E-state index contributed by atoms with van der Waals surface area (Å²) in [6.45, 7) is 12.8. The Hall–Kier alpha value is -1.04. The smallest absolute Gasteiger partial charge is 0.0150 e. The molecule has 0 bridgehead atoms. The summed E-state index contributed by atoms with van der Waals surface area (Å²) >= 11 is 0. The predicted octanol–water partition coefficient (Wildman–Crippen LogP) is 5.84. The summed E-state index contributed by atoms with van der Waals surface area (Å²) < 4.78 is 0. The van der Waals surface area contributed by atoms with Crippen LogP contribution in [0.2, 0.25) is 0 Å². The van der Waals surface area contributed by atoms with Gasteiger partial charge in [0.2, 0.25) is 0 Å². The van der Waals surface area contributed by atoms with Crippen molar-refractivity contribution in [3.8, 4) is 0 Å². The van der Waals surface area contributed by atoms with Gasteiger partial charge in [0.05, 0.1) is 0 Å². The van der Waals surface area contributed by atoms with Gasteiger partial charge in [0.25, 0.3) is 0 Å². The lowest BCUT2D eigenvalue weighted by Crippen LogP contribution is -2.06. The average Bonchev–Trinajstić information content (AvgIpc) is 2.34. The maximum Gasteiger partial charge on any atom is -0.0150 e. The molecular formula is C17H28. The van der Waals surface area contributed by atoms with Gasteiger partial charge in [0, 0.05) is 0 Å². The summed E-state index contributed by atoms with van der Waals surface area (Å²) in [5.41, 5.74) is 4.48. The second-order valence-corrected chi connectivity index (χ2v) is 4.31. The molecule has 0 nitrogen and oxygen atoms in total. The zero-order valence-corrected chi connectivity index (χ0v) is 12.4. The van der Waals surface area contributed by atoms with Crippen LogP contribution in [0.1, 0.15) is 54.4 Å². The van der Waals surface area contributed by atoms with E-state index in [1.165, 1.54) is 23.1 Å². The molecule has 1 aliphatic carbocycles. The molecule has 0 radical (unpaired) electrons. The van der Waals surface area contributed by atoms with Gasteiger partial charge < -0.3 is 0 Å². The minimum Gasteiger partial charge on any atom is -0.0877 e. The van der Waals surface area contributed by atoms with Gasteiger partial charge in [-0.05, 0) is 43.8 Å². The maximum atomic E-state index is 2.32. The van der Waals surface area contributed by atoms with Gasteiger partial charge in [0.15, 0.2) is 0 Å². The fourth-order valence-corrected chi connectivity index (χ4v) is 2.11. The molecule has 1 rings (SSSR count). The van der Waals surface area contributed by atoms with Crippen LogP contribution >= 0.6 is 0 Å². The molecule has 0 fully saturated rings. The van der Waals surface area contributed by atoms with Crippen molar-refractivity contribution in [3.05, 3.63) is 47.1 Å². The Kier molecular flexibility index (Phi) is 8.49. The number of hydrogen-bond acceptors (Lipinski definition) is 0. The first-order valence-electron chi connectivity index (χ1n) is 6.88. The van der Waals surface area contributed by atoms with Crippen molar-refractivity contribution in [2.45, 2.75) is 54.4 Å². The molecule has 0 amide bonds. The predicted molar refractivity (Wildman–Crippen MR) is 80.2 cm³/mol. The van der Waals surface area contributed by atoms with Crippen molar-refractivity contribution in [2.24, 2.45) is 5.92 Å². The second-order valence-electron chi connectivity index (χ2n) is 4.31. The molecule has 96 valence electrons. The molecule has 0 saturated heterocycles. The highest BCUT2D eigenvalue weighted by atomic mass is 14.2. The Morgan fingerprint density at radius 2 is 2.00 bits per heavy atom. The van der Waals surface area contributed by atoms with Crippen LogP contribution in [0, 0.1) is 5.92 Å². The van der Waals surface area contributed by atoms with Crippen LogP contribution in [0.3, 0.4) is 0 Å². The normalized spacial score (nSPS) is 20.6. The van der Waals surface area contributed by atoms with Gasteiger partial charge in [-0.1, -0.05) is 63.6 Å². The Morgan fingerprint density at radius 3 is 2.47 bits per heavy atom. The van der Waals surface area contributed by atoms with E-state index in [-0.39, 0.29) is 0 Å². The van der Waals surface area contributed by atoms with Gasteiger partial charge in [-0.15, -0.1) is 0 Å². The van der Waals surface area contributed by atoms with Crippen LogP contribution in [0.5, 0.6) is 0 Å². The fourth-order valence-electron chi connectivity index (χ4n) is 2.11. The van der Waals surface area contributed by atoms with Crippen molar-refractivity contribution in [3.63, 3.8) is 0 Å². The molecule has 0 heteroatoms. The summed E-state index contributed by atoms with van der Waals surface area (Å²) in [7, 11) is 0. The lowest BCUT2D eigenvalue weighted by Gasteiger charge is -2.21. The highest BCUT2D eigenvalue weighted by Crippen LogP contribution is 2.30. The first kappa shape index (κ1) is 16.0. The van der Waals surface area contributed by atoms with Crippen LogP contribution in [0.15, 0.2) is 47.1 Å². The molecule has 1 atom stereocenters. The molecule has 0 aromatic rings. The van der Waals surface area contributed by atoms with E-state index < -0.39 is 0 Å². The lowest BCUT2D eigenvalue weighted by molar-refractivity contribution is 0.663. The zero-order chi connectivity index (χ0) is 13.3. The summed E-state index contributed by atoms with van der Waals surface area (Å²) in [5, 5.41) is 0. The highest BCUT2D eigenvalue weighted by Gasteiger charge is 2.14. The minimum absolute atomic E-state index is 0.673. The van der Waals surface area contributed by atoms with E-state index >= 15 is 0 Å². The maximum absolute atomic E-state index is 2.32. The molecule has 1 unspecified atom stereocenters. The van der Waals surface area contributed by atoms with E-state index in [1.807, 2.05) is 13.8 Å². The van der Waals surface area contributed by atoms with Gasteiger partial charge in [-0.2, -0.15) is 0 Å². The third kappa shape index (κ3) is 5.21. The molecule has 1 aliphatic rings. The standard InChI is InChI=1S/C15H22.C2H6/c1-5-7-8-14(6-2)15-10-9-12(3)11-13(15)4;1-2/h5,7-10,13H,6,11H2,1-4H3;1-2H3/b7-5-,14-8+;. The molecule has 17 heavy (non-hydrogen) atoms. The molecule has 0 aliphatic heterocycles. The van der Waals surface area contributed by atoms with Crippen molar-refractivity contribution in [2.75, 3.05) is 0 Å². The van der Waals surface area contributed by atoms with Gasteiger partial charge >= 0.3 is 0 Å². The Morgan fingerprint density at radius 1 is 1.35 bits per heavy atom. The van der Waals surface area contributed by atoms with Gasteiger partial charge in [-0.3, -0.25) is 0 Å². The van der Waals surface area contributed by atoms with Crippen molar-refractivity contribution in [1.82, 2.24) is 0 Å². The van der Waals surface area contributed by atoms with Crippen molar-refractivity contribution < 1.29 is 0 Å². The quantitative estimate of drug-likeness (QED) is 0.536. The van der Waals surface area contributed by atoms with Crippen LogP contribution in [-0.2, 0) is 0 Å².